The van der Waals surface area contributed by atoms with Gasteiger partial charge >= 0.3 is 5.97 Å². The second-order valence-electron chi connectivity index (χ2n) is 5.13. The monoisotopic (exact) mass is 328 g/mol. The zero-order valence-corrected chi connectivity index (χ0v) is 13.1. The van der Waals surface area contributed by atoms with Crippen LogP contribution in [0.5, 0.6) is 5.75 Å². The number of nitrogens with one attached hydrogen (secondary N) is 1. The lowest BCUT2D eigenvalue weighted by atomic mass is 10.1. The molecule has 0 saturated carbocycles. The lowest BCUT2D eigenvalue weighted by Crippen LogP contribution is -2.17. The number of rotatable bonds is 3. The highest BCUT2D eigenvalue weighted by Gasteiger charge is 2.14. The largest absolute Gasteiger partial charge is 0.425 e. The van der Waals surface area contributed by atoms with Crippen LogP contribution in [-0.2, 0) is 11.2 Å². The molecule has 0 aliphatic heterocycles. The Bertz CT molecular complexity index is 950. The molecule has 3 aromatic rings. The highest BCUT2D eigenvalue weighted by Crippen LogP contribution is 2.25. The third-order valence-corrected chi connectivity index (χ3v) is 3.71. The first-order valence-electron chi connectivity index (χ1n) is 6.98. The van der Waals surface area contributed by atoms with E-state index in [0.29, 0.717) is 27.2 Å². The van der Waals surface area contributed by atoms with Gasteiger partial charge in [-0.2, -0.15) is 5.10 Å². The SMILES string of the molecule is Cc1ccc(Cl)c(OC(=O)Cc2n[nH]c(=O)c3ccccc23)c1. The number of ether oxygens (including phenoxy) is 1. The van der Waals surface area contributed by atoms with Crippen LogP contribution in [0, 0.1) is 6.92 Å². The topological polar surface area (TPSA) is 72.0 Å². The maximum absolute atomic E-state index is 12.2. The van der Waals surface area contributed by atoms with Crippen LogP contribution >= 0.6 is 11.6 Å². The molecule has 1 heterocycles. The molecule has 0 atom stereocenters. The van der Waals surface area contributed by atoms with E-state index in [0.717, 1.165) is 5.56 Å². The van der Waals surface area contributed by atoms with Crippen molar-refractivity contribution in [1.29, 1.82) is 0 Å². The average molecular weight is 329 g/mol. The normalized spacial score (nSPS) is 10.7. The van der Waals surface area contributed by atoms with Gasteiger partial charge in [-0.1, -0.05) is 35.9 Å². The van der Waals surface area contributed by atoms with Gasteiger partial charge in [-0.3, -0.25) is 9.59 Å². The molecule has 6 heteroatoms. The molecule has 0 amide bonds. The summed E-state index contributed by atoms with van der Waals surface area (Å²) >= 11 is 6.02. The van der Waals surface area contributed by atoms with E-state index in [9.17, 15) is 9.59 Å². The maximum Gasteiger partial charge on any atom is 0.317 e. The van der Waals surface area contributed by atoms with Gasteiger partial charge in [0.25, 0.3) is 5.56 Å². The smallest absolute Gasteiger partial charge is 0.317 e. The number of hydrogen-bond acceptors (Lipinski definition) is 4. The number of fused-ring (bicyclic) bond motifs is 1. The molecular weight excluding hydrogens is 316 g/mol. The van der Waals surface area contributed by atoms with E-state index in [2.05, 4.69) is 10.2 Å². The van der Waals surface area contributed by atoms with Crippen LogP contribution in [0.15, 0.2) is 47.3 Å². The van der Waals surface area contributed by atoms with Crippen molar-refractivity contribution in [1.82, 2.24) is 10.2 Å². The summed E-state index contributed by atoms with van der Waals surface area (Å²) in [6.07, 6.45) is -0.0679. The van der Waals surface area contributed by atoms with Crippen molar-refractivity contribution in [3.05, 3.63) is 69.1 Å². The minimum atomic E-state index is -0.498. The Morgan fingerprint density at radius 3 is 2.74 bits per heavy atom. The number of aromatic amines is 1. The Morgan fingerprint density at radius 2 is 1.96 bits per heavy atom. The molecule has 0 fully saturated rings. The number of H-pyrrole nitrogens is 1. The standard InChI is InChI=1S/C17H13ClN2O3/c1-10-6-7-13(18)15(8-10)23-16(21)9-14-11-4-2-3-5-12(11)17(22)20-19-14/h2-8H,9H2,1H3,(H,20,22). The molecule has 0 radical (unpaired) electrons. The van der Waals surface area contributed by atoms with E-state index in [4.69, 9.17) is 16.3 Å². The molecule has 1 N–H and O–H groups in total. The summed E-state index contributed by atoms with van der Waals surface area (Å²) in [5.74, 6) is -0.187. The van der Waals surface area contributed by atoms with Crippen LogP contribution in [0.3, 0.4) is 0 Å². The number of esters is 1. The second kappa shape index (κ2) is 6.22. The third-order valence-electron chi connectivity index (χ3n) is 3.40. The lowest BCUT2D eigenvalue weighted by molar-refractivity contribution is -0.133. The minimum absolute atomic E-state index is 0.0679. The fourth-order valence-electron chi connectivity index (χ4n) is 2.29. The number of carbonyl (C=O) groups is 1. The fourth-order valence-corrected chi connectivity index (χ4v) is 2.45. The van der Waals surface area contributed by atoms with Crippen molar-refractivity contribution in [2.75, 3.05) is 0 Å². The Hall–Kier alpha value is -2.66. The van der Waals surface area contributed by atoms with E-state index in [1.165, 1.54) is 0 Å². The van der Waals surface area contributed by atoms with E-state index < -0.39 is 5.97 Å². The van der Waals surface area contributed by atoms with E-state index in [1.54, 1.807) is 36.4 Å². The summed E-state index contributed by atoms with van der Waals surface area (Å²) in [5.41, 5.74) is 1.10. The molecule has 0 bridgehead atoms. The molecule has 0 unspecified atom stereocenters. The molecule has 1 aromatic heterocycles. The number of benzene rings is 2. The number of hydrogen-bond donors (Lipinski definition) is 1. The minimum Gasteiger partial charge on any atom is -0.425 e. The van der Waals surface area contributed by atoms with Crippen LogP contribution in [0.1, 0.15) is 11.3 Å². The number of halogens is 1. The zero-order valence-electron chi connectivity index (χ0n) is 12.3. The Labute approximate surface area is 136 Å². The first-order chi connectivity index (χ1) is 11.0. The number of aromatic nitrogens is 2. The summed E-state index contributed by atoms with van der Waals surface area (Å²) in [6, 6.07) is 12.2. The Kier molecular flexibility index (Phi) is 4.12. The summed E-state index contributed by atoms with van der Waals surface area (Å²) in [7, 11) is 0. The molecule has 5 nitrogen and oxygen atoms in total. The number of carbonyl (C=O) groups excluding carboxylic acids is 1. The van der Waals surface area contributed by atoms with Crippen LogP contribution in [0.2, 0.25) is 5.02 Å². The molecule has 2 aromatic carbocycles. The predicted octanol–water partition coefficient (Wildman–Crippen LogP) is 3.03. The van der Waals surface area contributed by atoms with Gasteiger partial charge in [0, 0.05) is 5.39 Å². The van der Waals surface area contributed by atoms with E-state index in [1.807, 2.05) is 13.0 Å². The molecule has 0 saturated heterocycles. The maximum atomic E-state index is 12.2. The molecule has 3 rings (SSSR count). The number of aryl methyl sites for hydroxylation is 1. The first-order valence-corrected chi connectivity index (χ1v) is 7.35. The van der Waals surface area contributed by atoms with Gasteiger partial charge in [-0.25, -0.2) is 5.10 Å². The summed E-state index contributed by atoms with van der Waals surface area (Å²) in [6.45, 7) is 1.88. The second-order valence-corrected chi connectivity index (χ2v) is 5.54. The first kappa shape index (κ1) is 15.2. The Balaban J connectivity index is 1.88. The van der Waals surface area contributed by atoms with E-state index >= 15 is 0 Å². The molecule has 116 valence electrons. The molecule has 0 aliphatic carbocycles. The van der Waals surface area contributed by atoms with Crippen molar-refractivity contribution in [3.8, 4) is 5.75 Å². The van der Waals surface area contributed by atoms with Gasteiger partial charge in [-0.15, -0.1) is 0 Å². The summed E-state index contributed by atoms with van der Waals surface area (Å²) < 4.78 is 5.31. The zero-order chi connectivity index (χ0) is 16.4. The van der Waals surface area contributed by atoms with Gasteiger partial charge in [0.1, 0.15) is 5.75 Å². The molecular formula is C17H13ClN2O3. The van der Waals surface area contributed by atoms with Crippen LogP contribution in [0.25, 0.3) is 10.8 Å². The quantitative estimate of drug-likeness (QED) is 0.592. The molecule has 0 aliphatic rings. The predicted molar refractivity (Wildman–Crippen MR) is 87.9 cm³/mol. The van der Waals surface area contributed by atoms with Gasteiger partial charge in [0.2, 0.25) is 0 Å². The molecule has 0 spiro atoms. The number of nitrogens with zero attached hydrogens (tertiary/aromatic N) is 1. The van der Waals surface area contributed by atoms with E-state index in [-0.39, 0.29) is 12.0 Å². The van der Waals surface area contributed by atoms with Crippen molar-refractivity contribution < 1.29 is 9.53 Å². The van der Waals surface area contributed by atoms with Gasteiger partial charge in [-0.05, 0) is 30.7 Å². The highest BCUT2D eigenvalue weighted by atomic mass is 35.5. The fraction of sp³-hybridized carbons (Fsp3) is 0.118. The van der Waals surface area contributed by atoms with Gasteiger partial charge < -0.3 is 4.74 Å². The Morgan fingerprint density at radius 1 is 1.22 bits per heavy atom. The average Bonchev–Trinajstić information content (AvgIpc) is 2.54. The lowest BCUT2D eigenvalue weighted by Gasteiger charge is -2.08. The highest BCUT2D eigenvalue weighted by molar-refractivity contribution is 6.32. The summed E-state index contributed by atoms with van der Waals surface area (Å²) in [5, 5.41) is 7.83. The van der Waals surface area contributed by atoms with Crippen molar-refractivity contribution in [2.45, 2.75) is 13.3 Å². The van der Waals surface area contributed by atoms with Crippen LogP contribution < -0.4 is 10.3 Å². The van der Waals surface area contributed by atoms with Crippen LogP contribution in [-0.4, -0.2) is 16.2 Å². The third kappa shape index (κ3) is 3.24. The van der Waals surface area contributed by atoms with Crippen LogP contribution in [0.4, 0.5) is 0 Å². The van der Waals surface area contributed by atoms with Crippen molar-refractivity contribution in [2.24, 2.45) is 0 Å². The van der Waals surface area contributed by atoms with Gasteiger partial charge in [0.15, 0.2) is 0 Å². The molecule has 23 heavy (non-hydrogen) atoms. The summed E-state index contributed by atoms with van der Waals surface area (Å²) in [4.78, 5) is 23.9. The van der Waals surface area contributed by atoms with Crippen molar-refractivity contribution in [3.63, 3.8) is 0 Å². The van der Waals surface area contributed by atoms with Gasteiger partial charge in [0.05, 0.1) is 22.5 Å². The van der Waals surface area contributed by atoms with Crippen molar-refractivity contribution >= 4 is 28.3 Å².